The summed E-state index contributed by atoms with van der Waals surface area (Å²) in [5.74, 6) is 5.80. The standard InChI is InChI=1S/C13H11NO2/c1-13(15,12-14-9-10-16-12)8-7-11-5-3-2-4-6-11/h2-6,9-10,15H,1H3. The third kappa shape index (κ3) is 2.30. The molecule has 2 aromatic rings. The summed E-state index contributed by atoms with van der Waals surface area (Å²) in [7, 11) is 0. The highest BCUT2D eigenvalue weighted by Crippen LogP contribution is 2.17. The molecule has 1 heterocycles. The molecule has 0 aliphatic carbocycles. The van der Waals surface area contributed by atoms with E-state index < -0.39 is 5.60 Å². The molecule has 1 aromatic heterocycles. The Labute approximate surface area is 93.8 Å². The van der Waals surface area contributed by atoms with Crippen LogP contribution < -0.4 is 0 Å². The lowest BCUT2D eigenvalue weighted by atomic mass is 10.1. The summed E-state index contributed by atoms with van der Waals surface area (Å²) in [6, 6.07) is 9.45. The van der Waals surface area contributed by atoms with Crippen LogP contribution in [0.4, 0.5) is 0 Å². The lowest BCUT2D eigenvalue weighted by molar-refractivity contribution is 0.0893. The Hall–Kier alpha value is -2.05. The molecule has 0 saturated heterocycles. The number of rotatable bonds is 1. The normalized spacial score (nSPS) is 13.6. The van der Waals surface area contributed by atoms with Crippen LogP contribution in [0, 0.1) is 11.8 Å². The van der Waals surface area contributed by atoms with Crippen molar-refractivity contribution in [2.75, 3.05) is 0 Å². The highest BCUT2D eigenvalue weighted by molar-refractivity contribution is 5.36. The van der Waals surface area contributed by atoms with Gasteiger partial charge in [0.15, 0.2) is 5.60 Å². The zero-order chi connectivity index (χ0) is 11.4. The molecule has 0 amide bonds. The monoisotopic (exact) mass is 213 g/mol. The van der Waals surface area contributed by atoms with E-state index in [0.29, 0.717) is 0 Å². The average Bonchev–Trinajstić information content (AvgIpc) is 2.82. The van der Waals surface area contributed by atoms with Crippen LogP contribution in [0.5, 0.6) is 0 Å². The minimum absolute atomic E-state index is 0.205. The number of nitrogens with zero attached hydrogens (tertiary/aromatic N) is 1. The summed E-state index contributed by atoms with van der Waals surface area (Å²) >= 11 is 0. The molecular formula is C13H11NO2. The van der Waals surface area contributed by atoms with E-state index in [2.05, 4.69) is 16.8 Å². The maximum absolute atomic E-state index is 10.0. The predicted molar refractivity (Wildman–Crippen MR) is 59.4 cm³/mol. The molecule has 0 aliphatic rings. The van der Waals surface area contributed by atoms with Gasteiger partial charge >= 0.3 is 0 Å². The Balaban J connectivity index is 2.25. The zero-order valence-electron chi connectivity index (χ0n) is 8.84. The van der Waals surface area contributed by atoms with Gasteiger partial charge in [0.25, 0.3) is 0 Å². The van der Waals surface area contributed by atoms with Gasteiger partial charge in [-0.1, -0.05) is 30.0 Å². The van der Waals surface area contributed by atoms with Gasteiger partial charge in [0.1, 0.15) is 6.26 Å². The SMILES string of the molecule is CC(O)(C#Cc1ccccc1)c1ncco1. The minimum Gasteiger partial charge on any atom is -0.445 e. The molecule has 0 saturated carbocycles. The Morgan fingerprint density at radius 2 is 2.06 bits per heavy atom. The molecule has 1 atom stereocenters. The van der Waals surface area contributed by atoms with Crippen molar-refractivity contribution in [2.24, 2.45) is 0 Å². The molecule has 1 aromatic carbocycles. The number of oxazole rings is 1. The van der Waals surface area contributed by atoms with Gasteiger partial charge in [0.05, 0.1) is 6.20 Å². The fourth-order valence-electron chi connectivity index (χ4n) is 1.23. The number of aromatic nitrogens is 1. The van der Waals surface area contributed by atoms with Gasteiger partial charge in [-0.3, -0.25) is 0 Å². The molecule has 0 radical (unpaired) electrons. The maximum Gasteiger partial charge on any atom is 0.238 e. The summed E-state index contributed by atoms with van der Waals surface area (Å²) < 4.78 is 5.02. The minimum atomic E-state index is -1.36. The van der Waals surface area contributed by atoms with Crippen molar-refractivity contribution in [1.29, 1.82) is 0 Å². The largest absolute Gasteiger partial charge is 0.445 e. The Bertz CT molecular complexity index is 504. The van der Waals surface area contributed by atoms with Crippen molar-refractivity contribution < 1.29 is 9.52 Å². The van der Waals surface area contributed by atoms with Gasteiger partial charge in [-0.15, -0.1) is 0 Å². The van der Waals surface area contributed by atoms with Crippen LogP contribution in [0.2, 0.25) is 0 Å². The van der Waals surface area contributed by atoms with E-state index in [9.17, 15) is 5.11 Å². The van der Waals surface area contributed by atoms with Crippen LogP contribution in [0.15, 0.2) is 47.2 Å². The fraction of sp³-hybridized carbons (Fsp3) is 0.154. The summed E-state index contributed by atoms with van der Waals surface area (Å²) in [6.45, 7) is 1.55. The average molecular weight is 213 g/mol. The molecule has 1 unspecified atom stereocenters. The maximum atomic E-state index is 10.0. The molecule has 3 heteroatoms. The zero-order valence-corrected chi connectivity index (χ0v) is 8.84. The van der Waals surface area contributed by atoms with Crippen molar-refractivity contribution >= 4 is 0 Å². The highest BCUT2D eigenvalue weighted by Gasteiger charge is 2.25. The van der Waals surface area contributed by atoms with Crippen LogP contribution in [0.3, 0.4) is 0 Å². The third-order valence-corrected chi connectivity index (χ3v) is 2.07. The first kappa shape index (κ1) is 10.5. The second-order valence-electron chi connectivity index (χ2n) is 3.53. The summed E-state index contributed by atoms with van der Waals surface area (Å²) in [6.07, 6.45) is 2.89. The van der Waals surface area contributed by atoms with E-state index in [1.165, 1.54) is 12.5 Å². The van der Waals surface area contributed by atoms with Crippen LogP contribution in [0.25, 0.3) is 0 Å². The van der Waals surface area contributed by atoms with Crippen molar-refractivity contribution in [2.45, 2.75) is 12.5 Å². The Kier molecular flexibility index (Phi) is 2.76. The summed E-state index contributed by atoms with van der Waals surface area (Å²) in [4.78, 5) is 3.88. The van der Waals surface area contributed by atoms with Crippen molar-refractivity contribution in [3.05, 3.63) is 54.2 Å². The van der Waals surface area contributed by atoms with Crippen molar-refractivity contribution in [1.82, 2.24) is 4.98 Å². The van der Waals surface area contributed by atoms with Gasteiger partial charge in [-0.2, -0.15) is 0 Å². The Morgan fingerprint density at radius 3 is 2.69 bits per heavy atom. The van der Waals surface area contributed by atoms with Gasteiger partial charge in [-0.05, 0) is 19.1 Å². The molecule has 2 rings (SSSR count). The summed E-state index contributed by atoms with van der Waals surface area (Å²) in [5.41, 5.74) is -0.520. The predicted octanol–water partition coefficient (Wildman–Crippen LogP) is 1.93. The lowest BCUT2D eigenvalue weighted by Crippen LogP contribution is -2.18. The molecule has 3 nitrogen and oxygen atoms in total. The molecular weight excluding hydrogens is 202 g/mol. The van der Waals surface area contributed by atoms with Gasteiger partial charge in [0.2, 0.25) is 5.89 Å². The second-order valence-corrected chi connectivity index (χ2v) is 3.53. The van der Waals surface area contributed by atoms with Crippen molar-refractivity contribution in [3.8, 4) is 11.8 Å². The number of aliphatic hydroxyl groups is 1. The molecule has 16 heavy (non-hydrogen) atoms. The summed E-state index contributed by atoms with van der Waals surface area (Å²) in [5, 5.41) is 10.0. The van der Waals surface area contributed by atoms with Gasteiger partial charge < -0.3 is 9.52 Å². The van der Waals surface area contributed by atoms with Crippen molar-refractivity contribution in [3.63, 3.8) is 0 Å². The first-order valence-corrected chi connectivity index (χ1v) is 4.89. The Morgan fingerprint density at radius 1 is 1.31 bits per heavy atom. The molecule has 1 N–H and O–H groups in total. The van der Waals surface area contributed by atoms with E-state index in [4.69, 9.17) is 4.42 Å². The number of benzene rings is 1. The topological polar surface area (TPSA) is 46.3 Å². The van der Waals surface area contributed by atoms with Gasteiger partial charge in [0, 0.05) is 5.56 Å². The van der Waals surface area contributed by atoms with E-state index >= 15 is 0 Å². The van der Waals surface area contributed by atoms with E-state index in [0.717, 1.165) is 5.56 Å². The first-order chi connectivity index (χ1) is 7.68. The second kappa shape index (κ2) is 4.21. The molecule has 0 fully saturated rings. The van der Waals surface area contributed by atoms with E-state index in [-0.39, 0.29) is 5.89 Å². The molecule has 0 bridgehead atoms. The number of hydrogen-bond donors (Lipinski definition) is 1. The van der Waals surface area contributed by atoms with Crippen LogP contribution >= 0.6 is 0 Å². The van der Waals surface area contributed by atoms with Crippen LogP contribution in [-0.4, -0.2) is 10.1 Å². The van der Waals surface area contributed by atoms with Crippen LogP contribution in [-0.2, 0) is 5.60 Å². The van der Waals surface area contributed by atoms with Crippen LogP contribution in [0.1, 0.15) is 18.4 Å². The number of hydrogen-bond acceptors (Lipinski definition) is 3. The molecule has 0 aliphatic heterocycles. The quantitative estimate of drug-likeness (QED) is 0.736. The van der Waals surface area contributed by atoms with E-state index in [1.807, 2.05) is 30.3 Å². The third-order valence-electron chi connectivity index (χ3n) is 2.07. The molecule has 80 valence electrons. The fourth-order valence-corrected chi connectivity index (χ4v) is 1.23. The molecule has 0 spiro atoms. The highest BCUT2D eigenvalue weighted by atomic mass is 16.4. The lowest BCUT2D eigenvalue weighted by Gasteiger charge is -2.10. The van der Waals surface area contributed by atoms with Gasteiger partial charge in [-0.25, -0.2) is 4.98 Å². The smallest absolute Gasteiger partial charge is 0.238 e. The first-order valence-electron chi connectivity index (χ1n) is 4.89. The van der Waals surface area contributed by atoms with E-state index in [1.54, 1.807) is 6.92 Å².